The number of alkyl halides is 2. The highest BCUT2D eigenvalue weighted by atomic mass is 32.2. The van der Waals surface area contributed by atoms with Gasteiger partial charge in [0.05, 0.1) is 0 Å². The van der Waals surface area contributed by atoms with E-state index in [0.29, 0.717) is 0 Å². The van der Waals surface area contributed by atoms with Gasteiger partial charge in [-0.15, -0.1) is 0 Å². The SMILES string of the molecule is NS(=O)(=O)c1c(F)cc(F)cc1C(F)F. The van der Waals surface area contributed by atoms with Crippen molar-refractivity contribution in [3.8, 4) is 0 Å². The van der Waals surface area contributed by atoms with Crippen molar-refractivity contribution in [3.05, 3.63) is 29.3 Å². The van der Waals surface area contributed by atoms with Crippen LogP contribution in [0.4, 0.5) is 17.6 Å². The molecule has 1 aromatic rings. The quantitative estimate of drug-likeness (QED) is 0.801. The Hall–Kier alpha value is -1.15. The molecule has 0 amide bonds. The number of hydrogen-bond donors (Lipinski definition) is 1. The summed E-state index contributed by atoms with van der Waals surface area (Å²) < 4.78 is 71.6. The summed E-state index contributed by atoms with van der Waals surface area (Å²) in [6.45, 7) is 0. The van der Waals surface area contributed by atoms with E-state index in [1.807, 2.05) is 0 Å². The van der Waals surface area contributed by atoms with Crippen LogP contribution in [-0.2, 0) is 10.0 Å². The summed E-state index contributed by atoms with van der Waals surface area (Å²) in [4.78, 5) is -1.38. The smallest absolute Gasteiger partial charge is 0.225 e. The molecule has 0 aliphatic rings. The van der Waals surface area contributed by atoms with Crippen LogP contribution in [0.1, 0.15) is 12.0 Å². The number of hydrogen-bond acceptors (Lipinski definition) is 2. The molecule has 0 saturated heterocycles. The summed E-state index contributed by atoms with van der Waals surface area (Å²) in [5.74, 6) is -2.93. The molecule has 1 rings (SSSR count). The molecule has 1 aromatic carbocycles. The van der Waals surface area contributed by atoms with E-state index in [1.165, 1.54) is 0 Å². The van der Waals surface area contributed by atoms with E-state index in [1.54, 1.807) is 0 Å². The van der Waals surface area contributed by atoms with Crippen molar-refractivity contribution < 1.29 is 26.0 Å². The number of halogens is 4. The molecule has 0 unspecified atom stereocenters. The number of nitrogens with two attached hydrogens (primary N) is 1. The van der Waals surface area contributed by atoms with E-state index < -0.39 is 38.5 Å². The van der Waals surface area contributed by atoms with Gasteiger partial charge in [-0.05, 0) is 6.07 Å². The van der Waals surface area contributed by atoms with Crippen LogP contribution in [0, 0.1) is 11.6 Å². The first-order valence-corrected chi connectivity index (χ1v) is 5.08. The third-order valence-corrected chi connectivity index (χ3v) is 2.56. The molecule has 0 atom stereocenters. The molecule has 0 spiro atoms. The maximum atomic E-state index is 12.9. The summed E-state index contributed by atoms with van der Waals surface area (Å²) in [7, 11) is -4.65. The fourth-order valence-electron chi connectivity index (χ4n) is 1.04. The zero-order valence-corrected chi connectivity index (χ0v) is 7.86. The van der Waals surface area contributed by atoms with Crippen LogP contribution >= 0.6 is 0 Å². The van der Waals surface area contributed by atoms with Crippen molar-refractivity contribution in [2.45, 2.75) is 11.3 Å². The highest BCUT2D eigenvalue weighted by Gasteiger charge is 2.25. The first-order chi connectivity index (χ1) is 6.73. The summed E-state index contributed by atoms with van der Waals surface area (Å²) >= 11 is 0. The van der Waals surface area contributed by atoms with Crippen molar-refractivity contribution in [1.29, 1.82) is 0 Å². The summed E-state index contributed by atoms with van der Waals surface area (Å²) in [6, 6.07) is 0.402. The normalized spacial score (nSPS) is 12.1. The zero-order chi connectivity index (χ0) is 11.8. The van der Waals surface area contributed by atoms with E-state index in [-0.39, 0.29) is 12.1 Å². The van der Waals surface area contributed by atoms with Crippen LogP contribution in [0.5, 0.6) is 0 Å². The second-order valence-corrected chi connectivity index (χ2v) is 4.15. The standard InChI is InChI=1S/C7H5F4NO2S/c8-3-1-4(7(10)11)6(5(9)2-3)15(12,13)14/h1-2,7H,(H2,12,13,14). The Kier molecular flexibility index (Phi) is 3.00. The topological polar surface area (TPSA) is 60.2 Å². The van der Waals surface area contributed by atoms with Crippen molar-refractivity contribution in [1.82, 2.24) is 0 Å². The highest BCUT2D eigenvalue weighted by molar-refractivity contribution is 7.89. The molecule has 0 saturated carbocycles. The van der Waals surface area contributed by atoms with Gasteiger partial charge in [-0.3, -0.25) is 0 Å². The third-order valence-electron chi connectivity index (χ3n) is 1.56. The van der Waals surface area contributed by atoms with Gasteiger partial charge in [-0.1, -0.05) is 0 Å². The molecule has 0 heterocycles. The first-order valence-electron chi connectivity index (χ1n) is 3.53. The van der Waals surface area contributed by atoms with Crippen molar-refractivity contribution in [2.24, 2.45) is 5.14 Å². The van der Waals surface area contributed by atoms with Crippen LogP contribution in [-0.4, -0.2) is 8.42 Å². The Bertz CT molecular complexity index is 486. The van der Waals surface area contributed by atoms with E-state index in [9.17, 15) is 26.0 Å². The monoisotopic (exact) mass is 243 g/mol. The molecule has 8 heteroatoms. The molecule has 0 aliphatic heterocycles. The second-order valence-electron chi connectivity index (χ2n) is 2.65. The lowest BCUT2D eigenvalue weighted by atomic mass is 10.2. The van der Waals surface area contributed by atoms with Crippen LogP contribution < -0.4 is 5.14 Å². The minimum atomic E-state index is -4.65. The van der Waals surface area contributed by atoms with Gasteiger partial charge in [0.15, 0.2) is 0 Å². The minimum Gasteiger partial charge on any atom is -0.225 e. The molecule has 0 aromatic heterocycles. The maximum Gasteiger partial charge on any atom is 0.265 e. The van der Waals surface area contributed by atoms with Gasteiger partial charge in [-0.25, -0.2) is 31.1 Å². The molecular formula is C7H5F4NO2S. The lowest BCUT2D eigenvalue weighted by molar-refractivity contribution is 0.146. The Morgan fingerprint density at radius 2 is 1.73 bits per heavy atom. The van der Waals surface area contributed by atoms with Crippen LogP contribution in [0.3, 0.4) is 0 Å². The lowest BCUT2D eigenvalue weighted by Gasteiger charge is -2.07. The molecule has 0 fully saturated rings. The van der Waals surface area contributed by atoms with Gasteiger partial charge in [-0.2, -0.15) is 0 Å². The summed E-state index contributed by atoms with van der Waals surface area (Å²) in [6.07, 6.45) is -3.33. The second kappa shape index (κ2) is 3.78. The van der Waals surface area contributed by atoms with E-state index in [2.05, 4.69) is 5.14 Å². The van der Waals surface area contributed by atoms with Gasteiger partial charge in [0.2, 0.25) is 10.0 Å². The van der Waals surface area contributed by atoms with Crippen LogP contribution in [0.2, 0.25) is 0 Å². The van der Waals surface area contributed by atoms with Crippen molar-refractivity contribution in [2.75, 3.05) is 0 Å². The van der Waals surface area contributed by atoms with Crippen LogP contribution in [0.15, 0.2) is 17.0 Å². The molecule has 3 nitrogen and oxygen atoms in total. The van der Waals surface area contributed by atoms with Crippen molar-refractivity contribution >= 4 is 10.0 Å². The highest BCUT2D eigenvalue weighted by Crippen LogP contribution is 2.28. The summed E-state index contributed by atoms with van der Waals surface area (Å²) in [5.41, 5.74) is -1.28. The van der Waals surface area contributed by atoms with E-state index in [0.717, 1.165) is 0 Å². The molecule has 2 N–H and O–H groups in total. The predicted octanol–water partition coefficient (Wildman–Crippen LogP) is 1.55. The molecular weight excluding hydrogens is 238 g/mol. The van der Waals surface area contributed by atoms with Gasteiger partial charge in [0, 0.05) is 11.6 Å². The predicted molar refractivity (Wildman–Crippen MR) is 42.7 cm³/mol. The Labute approximate surface area is 82.6 Å². The molecule has 0 aliphatic carbocycles. The summed E-state index contributed by atoms with van der Waals surface area (Å²) in [5, 5.41) is 4.52. The number of rotatable bonds is 2. The average Bonchev–Trinajstić information content (AvgIpc) is 1.99. The Morgan fingerprint density at radius 3 is 2.13 bits per heavy atom. The third kappa shape index (κ3) is 2.45. The molecule has 0 bridgehead atoms. The maximum absolute atomic E-state index is 12.9. The Balaban J connectivity index is 3.62. The van der Waals surface area contributed by atoms with Crippen LogP contribution in [0.25, 0.3) is 0 Å². The van der Waals surface area contributed by atoms with Gasteiger partial charge in [0.1, 0.15) is 16.5 Å². The molecule has 0 radical (unpaired) electrons. The zero-order valence-electron chi connectivity index (χ0n) is 7.05. The number of sulfonamides is 1. The van der Waals surface area contributed by atoms with Gasteiger partial charge in [0.25, 0.3) is 6.43 Å². The average molecular weight is 243 g/mol. The van der Waals surface area contributed by atoms with Gasteiger partial charge < -0.3 is 0 Å². The number of benzene rings is 1. The first kappa shape index (κ1) is 11.9. The Morgan fingerprint density at radius 1 is 1.20 bits per heavy atom. The van der Waals surface area contributed by atoms with Gasteiger partial charge >= 0.3 is 0 Å². The molecule has 84 valence electrons. The molecule has 15 heavy (non-hydrogen) atoms. The fraction of sp³-hybridized carbons (Fsp3) is 0.143. The van der Waals surface area contributed by atoms with Crippen molar-refractivity contribution in [3.63, 3.8) is 0 Å². The minimum absolute atomic E-state index is 0.172. The van der Waals surface area contributed by atoms with E-state index >= 15 is 0 Å². The van der Waals surface area contributed by atoms with E-state index in [4.69, 9.17) is 0 Å². The fourth-order valence-corrected chi connectivity index (χ4v) is 1.85. The number of primary sulfonamides is 1. The largest absolute Gasteiger partial charge is 0.265 e. The lowest BCUT2D eigenvalue weighted by Crippen LogP contribution is -2.17.